The summed E-state index contributed by atoms with van der Waals surface area (Å²) in [5, 5.41) is 0. The van der Waals surface area contributed by atoms with Crippen LogP contribution in [0.2, 0.25) is 0 Å². The minimum Gasteiger partial charge on any atom is -0.461 e. The average molecular weight is 317 g/mol. The van der Waals surface area contributed by atoms with Gasteiger partial charge in [-0.1, -0.05) is 0 Å². The maximum absolute atomic E-state index is 12.4. The minimum atomic E-state index is -0.431. The second kappa shape index (κ2) is 6.75. The fourth-order valence-electron chi connectivity index (χ4n) is 2.31. The van der Waals surface area contributed by atoms with Crippen LogP contribution < -0.4 is 0 Å². The minimum absolute atomic E-state index is 0.118. The van der Waals surface area contributed by atoms with Crippen LogP contribution in [0.15, 0.2) is 18.2 Å². The van der Waals surface area contributed by atoms with E-state index in [4.69, 9.17) is 4.74 Å². The largest absolute Gasteiger partial charge is 0.461 e. The number of H-pyrrole nitrogens is 1. The molecule has 1 N–H and O–H groups in total. The molecule has 4 nitrogen and oxygen atoms in total. The summed E-state index contributed by atoms with van der Waals surface area (Å²) >= 11 is 1.63. The lowest BCUT2D eigenvalue weighted by Crippen LogP contribution is -2.07. The van der Waals surface area contributed by atoms with Gasteiger partial charge < -0.3 is 9.72 Å². The molecule has 0 fully saturated rings. The molecule has 0 radical (unpaired) electrons. The molecule has 0 aliphatic carbocycles. The van der Waals surface area contributed by atoms with E-state index in [1.54, 1.807) is 44.3 Å². The van der Waals surface area contributed by atoms with Crippen LogP contribution in [0.1, 0.15) is 48.8 Å². The highest BCUT2D eigenvalue weighted by atomic mass is 32.1. The Balaban J connectivity index is 2.26. The molecule has 0 spiro atoms. The van der Waals surface area contributed by atoms with E-state index >= 15 is 0 Å². The molecular formula is C17H19NO3S. The fourth-order valence-corrected chi connectivity index (χ4v) is 3.09. The van der Waals surface area contributed by atoms with Crippen molar-refractivity contribution in [3.63, 3.8) is 0 Å². The molecule has 0 aromatic carbocycles. The molecule has 2 aromatic rings. The van der Waals surface area contributed by atoms with E-state index < -0.39 is 5.97 Å². The van der Waals surface area contributed by atoms with Crippen molar-refractivity contribution >= 4 is 29.2 Å². The topological polar surface area (TPSA) is 59.2 Å². The van der Waals surface area contributed by atoms with Gasteiger partial charge in [0.2, 0.25) is 0 Å². The van der Waals surface area contributed by atoms with Gasteiger partial charge in [-0.2, -0.15) is 0 Å². The number of carbonyl (C=O) groups is 2. The molecule has 0 amide bonds. The smallest absolute Gasteiger partial charge is 0.355 e. The van der Waals surface area contributed by atoms with Crippen LogP contribution in [-0.4, -0.2) is 23.3 Å². The van der Waals surface area contributed by atoms with Gasteiger partial charge in [0, 0.05) is 21.0 Å². The Morgan fingerprint density at radius 1 is 1.27 bits per heavy atom. The Labute approximate surface area is 133 Å². The molecule has 0 unspecified atom stereocenters. The SMILES string of the molecule is CCOC(=O)c1[nH]c(C)c(C(=O)/C=C/c2ccc(C)s2)c1C. The number of thiophene rings is 1. The van der Waals surface area contributed by atoms with Crippen molar-refractivity contribution in [1.82, 2.24) is 4.98 Å². The number of nitrogens with one attached hydrogen (secondary N) is 1. The predicted octanol–water partition coefficient (Wildman–Crippen LogP) is 4.07. The normalized spacial score (nSPS) is 11.1. The summed E-state index contributed by atoms with van der Waals surface area (Å²) in [4.78, 5) is 29.4. The highest BCUT2D eigenvalue weighted by Crippen LogP contribution is 2.21. The van der Waals surface area contributed by atoms with Gasteiger partial charge in [-0.3, -0.25) is 4.79 Å². The monoisotopic (exact) mass is 317 g/mol. The molecule has 2 heterocycles. The summed E-state index contributed by atoms with van der Waals surface area (Å²) in [5.41, 5.74) is 2.20. The summed E-state index contributed by atoms with van der Waals surface area (Å²) < 4.78 is 4.99. The zero-order valence-corrected chi connectivity index (χ0v) is 14.0. The Morgan fingerprint density at radius 3 is 2.59 bits per heavy atom. The molecule has 0 aliphatic rings. The highest BCUT2D eigenvalue weighted by molar-refractivity contribution is 7.12. The maximum Gasteiger partial charge on any atom is 0.355 e. The number of aromatic nitrogens is 1. The fraction of sp³-hybridized carbons (Fsp3) is 0.294. The van der Waals surface area contributed by atoms with Gasteiger partial charge in [0.05, 0.1) is 6.61 Å². The van der Waals surface area contributed by atoms with Crippen molar-refractivity contribution in [3.8, 4) is 0 Å². The van der Waals surface area contributed by atoms with E-state index in [1.165, 1.54) is 4.88 Å². The third-order valence-corrected chi connectivity index (χ3v) is 4.29. The van der Waals surface area contributed by atoms with Crippen LogP contribution in [0.4, 0.5) is 0 Å². The molecule has 0 aliphatic heterocycles. The van der Waals surface area contributed by atoms with Gasteiger partial charge in [0.15, 0.2) is 5.78 Å². The van der Waals surface area contributed by atoms with Crippen molar-refractivity contribution in [2.75, 3.05) is 6.61 Å². The molecule has 2 aromatic heterocycles. The van der Waals surface area contributed by atoms with Gasteiger partial charge in [-0.05, 0) is 57.5 Å². The lowest BCUT2D eigenvalue weighted by atomic mass is 10.1. The molecule has 0 atom stereocenters. The van der Waals surface area contributed by atoms with Gasteiger partial charge >= 0.3 is 5.97 Å². The molecule has 0 saturated heterocycles. The van der Waals surface area contributed by atoms with Crippen molar-refractivity contribution in [2.24, 2.45) is 0 Å². The summed E-state index contributed by atoms with van der Waals surface area (Å²) in [6.07, 6.45) is 3.35. The third-order valence-electron chi connectivity index (χ3n) is 3.32. The van der Waals surface area contributed by atoms with Crippen LogP contribution in [0, 0.1) is 20.8 Å². The lowest BCUT2D eigenvalue weighted by molar-refractivity contribution is 0.0519. The van der Waals surface area contributed by atoms with Gasteiger partial charge in [0.25, 0.3) is 0 Å². The Bertz CT molecular complexity index is 737. The van der Waals surface area contributed by atoms with Crippen molar-refractivity contribution < 1.29 is 14.3 Å². The standard InChI is InChI=1S/C17H19NO3S/c1-5-21-17(20)16-11(3)15(12(4)18-16)14(19)9-8-13-7-6-10(2)22-13/h6-9,18H,5H2,1-4H3/b9-8+. The molecule has 116 valence electrons. The van der Waals surface area contributed by atoms with Crippen LogP contribution in [0.5, 0.6) is 0 Å². The molecular weight excluding hydrogens is 298 g/mol. The first-order chi connectivity index (χ1) is 10.4. The van der Waals surface area contributed by atoms with Crippen molar-refractivity contribution in [3.05, 3.63) is 50.5 Å². The van der Waals surface area contributed by atoms with Crippen molar-refractivity contribution in [2.45, 2.75) is 27.7 Å². The number of hydrogen-bond acceptors (Lipinski definition) is 4. The van der Waals surface area contributed by atoms with E-state index in [0.29, 0.717) is 29.1 Å². The van der Waals surface area contributed by atoms with E-state index in [0.717, 1.165) is 4.88 Å². The number of aryl methyl sites for hydroxylation is 2. The van der Waals surface area contributed by atoms with E-state index in [-0.39, 0.29) is 5.78 Å². The van der Waals surface area contributed by atoms with Gasteiger partial charge in [-0.15, -0.1) is 11.3 Å². The maximum atomic E-state index is 12.4. The molecule has 22 heavy (non-hydrogen) atoms. The Hall–Kier alpha value is -2.14. The van der Waals surface area contributed by atoms with Gasteiger partial charge in [-0.25, -0.2) is 4.79 Å². The first-order valence-corrected chi connectivity index (χ1v) is 7.90. The first-order valence-electron chi connectivity index (χ1n) is 7.09. The second-order valence-electron chi connectivity index (χ2n) is 4.99. The van der Waals surface area contributed by atoms with E-state index in [2.05, 4.69) is 4.98 Å². The number of rotatable bonds is 5. The van der Waals surface area contributed by atoms with E-state index in [1.807, 2.05) is 19.1 Å². The molecule has 2 rings (SSSR count). The number of hydrogen-bond donors (Lipinski definition) is 1. The van der Waals surface area contributed by atoms with Crippen LogP contribution in [0.25, 0.3) is 6.08 Å². The van der Waals surface area contributed by atoms with E-state index in [9.17, 15) is 9.59 Å². The Kier molecular flexibility index (Phi) is 4.98. The molecule has 5 heteroatoms. The lowest BCUT2D eigenvalue weighted by Gasteiger charge is -2.00. The summed E-state index contributed by atoms with van der Waals surface area (Å²) in [7, 11) is 0. The number of ether oxygens (including phenoxy) is 1. The number of carbonyl (C=O) groups excluding carboxylic acids is 2. The zero-order valence-electron chi connectivity index (χ0n) is 13.1. The predicted molar refractivity (Wildman–Crippen MR) is 88.6 cm³/mol. The van der Waals surface area contributed by atoms with Crippen molar-refractivity contribution in [1.29, 1.82) is 0 Å². The van der Waals surface area contributed by atoms with Crippen LogP contribution in [-0.2, 0) is 4.74 Å². The number of aromatic amines is 1. The summed E-state index contributed by atoms with van der Waals surface area (Å²) in [6.45, 7) is 7.62. The third kappa shape index (κ3) is 3.36. The summed E-state index contributed by atoms with van der Waals surface area (Å²) in [5.74, 6) is -0.548. The summed E-state index contributed by atoms with van der Waals surface area (Å²) in [6, 6.07) is 3.99. The molecule has 0 bridgehead atoms. The highest BCUT2D eigenvalue weighted by Gasteiger charge is 2.21. The second-order valence-corrected chi connectivity index (χ2v) is 6.31. The Morgan fingerprint density at radius 2 is 2.00 bits per heavy atom. The van der Waals surface area contributed by atoms with Crippen LogP contribution >= 0.6 is 11.3 Å². The van der Waals surface area contributed by atoms with Crippen LogP contribution in [0.3, 0.4) is 0 Å². The number of ketones is 1. The number of esters is 1. The quantitative estimate of drug-likeness (QED) is 0.513. The first kappa shape index (κ1) is 16.2. The zero-order chi connectivity index (χ0) is 16.3. The average Bonchev–Trinajstić information content (AvgIpc) is 3.00. The number of allylic oxidation sites excluding steroid dienone is 1. The molecule has 0 saturated carbocycles. The van der Waals surface area contributed by atoms with Gasteiger partial charge in [0.1, 0.15) is 5.69 Å².